The van der Waals surface area contributed by atoms with Crippen LogP contribution in [0.2, 0.25) is 5.02 Å². The molecule has 0 aliphatic heterocycles. The molecule has 0 saturated heterocycles. The predicted octanol–water partition coefficient (Wildman–Crippen LogP) is 3.62. The third kappa shape index (κ3) is 3.63. The lowest BCUT2D eigenvalue weighted by Crippen LogP contribution is -2.40. The average Bonchev–Trinajstić information content (AvgIpc) is 2.31. The quantitative estimate of drug-likeness (QED) is 0.813. The lowest BCUT2D eigenvalue weighted by molar-refractivity contribution is 0.0903. The first-order valence-electron chi connectivity index (χ1n) is 6.73. The van der Waals surface area contributed by atoms with Crippen LogP contribution in [0.5, 0.6) is 0 Å². The summed E-state index contributed by atoms with van der Waals surface area (Å²) in [4.78, 5) is 12.2. The van der Waals surface area contributed by atoms with Crippen molar-refractivity contribution in [3.05, 3.63) is 28.8 Å². The van der Waals surface area contributed by atoms with Gasteiger partial charge in [-0.1, -0.05) is 31.9 Å². The standard InChI is InChI=1S/C15H21ClN2O/c1-15(2)7-3-4-11(9-15)18-14(19)12-8-10(17)5-6-13(12)16/h5-6,8,11H,3-4,7,9,17H2,1-2H3,(H,18,19). The van der Waals surface area contributed by atoms with E-state index in [9.17, 15) is 4.79 Å². The van der Waals surface area contributed by atoms with Crippen LogP contribution in [-0.4, -0.2) is 11.9 Å². The molecular formula is C15H21ClN2O. The van der Waals surface area contributed by atoms with Gasteiger partial charge >= 0.3 is 0 Å². The molecule has 1 saturated carbocycles. The van der Waals surface area contributed by atoms with E-state index in [2.05, 4.69) is 19.2 Å². The fourth-order valence-corrected chi connectivity index (χ4v) is 3.00. The summed E-state index contributed by atoms with van der Waals surface area (Å²) in [5, 5.41) is 3.53. The molecule has 0 spiro atoms. The van der Waals surface area contributed by atoms with Gasteiger partial charge in [0.15, 0.2) is 0 Å². The molecule has 104 valence electrons. The van der Waals surface area contributed by atoms with Crippen molar-refractivity contribution in [2.45, 2.75) is 45.6 Å². The normalized spacial score (nSPS) is 21.9. The molecule has 1 unspecified atom stereocenters. The topological polar surface area (TPSA) is 55.1 Å². The van der Waals surface area contributed by atoms with Crippen LogP contribution in [0.4, 0.5) is 5.69 Å². The highest BCUT2D eigenvalue weighted by molar-refractivity contribution is 6.34. The Morgan fingerprint density at radius 3 is 2.89 bits per heavy atom. The van der Waals surface area contributed by atoms with Gasteiger partial charge in [-0.15, -0.1) is 0 Å². The molecule has 19 heavy (non-hydrogen) atoms. The minimum atomic E-state index is -0.125. The molecule has 1 atom stereocenters. The van der Waals surface area contributed by atoms with Crippen LogP contribution in [0.15, 0.2) is 18.2 Å². The number of anilines is 1. The third-order valence-corrected chi connectivity index (χ3v) is 4.10. The van der Waals surface area contributed by atoms with E-state index in [1.807, 2.05) is 0 Å². The van der Waals surface area contributed by atoms with E-state index in [1.54, 1.807) is 18.2 Å². The number of rotatable bonds is 2. The second kappa shape index (κ2) is 5.41. The van der Waals surface area contributed by atoms with Crippen molar-refractivity contribution < 1.29 is 4.79 Å². The molecule has 3 nitrogen and oxygen atoms in total. The van der Waals surface area contributed by atoms with Crippen molar-refractivity contribution in [2.75, 3.05) is 5.73 Å². The Morgan fingerprint density at radius 2 is 2.21 bits per heavy atom. The smallest absolute Gasteiger partial charge is 0.253 e. The number of nitrogens with one attached hydrogen (secondary N) is 1. The Kier molecular flexibility index (Phi) is 4.04. The second-order valence-electron chi connectivity index (χ2n) is 6.17. The van der Waals surface area contributed by atoms with Crippen LogP contribution in [0.1, 0.15) is 49.9 Å². The number of nitrogen functional groups attached to an aromatic ring is 1. The Morgan fingerprint density at radius 1 is 1.47 bits per heavy atom. The molecule has 2 rings (SSSR count). The second-order valence-corrected chi connectivity index (χ2v) is 6.58. The molecule has 1 amide bonds. The van der Waals surface area contributed by atoms with E-state index >= 15 is 0 Å². The van der Waals surface area contributed by atoms with Gasteiger partial charge in [-0.25, -0.2) is 0 Å². The maximum Gasteiger partial charge on any atom is 0.253 e. The Bertz CT molecular complexity index is 485. The lowest BCUT2D eigenvalue weighted by atomic mass is 9.75. The van der Waals surface area contributed by atoms with Gasteiger partial charge in [0.05, 0.1) is 10.6 Å². The molecule has 0 bridgehead atoms. The minimum absolute atomic E-state index is 0.125. The van der Waals surface area contributed by atoms with E-state index < -0.39 is 0 Å². The lowest BCUT2D eigenvalue weighted by Gasteiger charge is -2.35. The molecule has 4 heteroatoms. The average molecular weight is 281 g/mol. The highest BCUT2D eigenvalue weighted by Crippen LogP contribution is 2.35. The number of carbonyl (C=O) groups is 1. The monoisotopic (exact) mass is 280 g/mol. The van der Waals surface area contributed by atoms with E-state index in [1.165, 1.54) is 6.42 Å². The van der Waals surface area contributed by atoms with Crippen molar-refractivity contribution in [3.63, 3.8) is 0 Å². The summed E-state index contributed by atoms with van der Waals surface area (Å²) in [7, 11) is 0. The molecule has 1 aromatic rings. The van der Waals surface area contributed by atoms with Crippen molar-refractivity contribution >= 4 is 23.2 Å². The van der Waals surface area contributed by atoms with Crippen LogP contribution >= 0.6 is 11.6 Å². The fraction of sp³-hybridized carbons (Fsp3) is 0.533. The third-order valence-electron chi connectivity index (χ3n) is 3.78. The van der Waals surface area contributed by atoms with Gasteiger partial charge < -0.3 is 11.1 Å². The van der Waals surface area contributed by atoms with E-state index in [4.69, 9.17) is 17.3 Å². The summed E-state index contributed by atoms with van der Waals surface area (Å²) in [5.41, 5.74) is 7.02. The zero-order valence-electron chi connectivity index (χ0n) is 11.5. The van der Waals surface area contributed by atoms with Crippen LogP contribution in [0.25, 0.3) is 0 Å². The van der Waals surface area contributed by atoms with Gasteiger partial charge in [-0.05, 0) is 42.9 Å². The number of halogens is 1. The van der Waals surface area contributed by atoms with Gasteiger partial charge in [0.1, 0.15) is 0 Å². The van der Waals surface area contributed by atoms with Gasteiger partial charge in [-0.2, -0.15) is 0 Å². The van der Waals surface area contributed by atoms with Crippen molar-refractivity contribution in [3.8, 4) is 0 Å². The van der Waals surface area contributed by atoms with Crippen LogP contribution in [-0.2, 0) is 0 Å². The number of amides is 1. The van der Waals surface area contributed by atoms with Crippen molar-refractivity contribution in [2.24, 2.45) is 5.41 Å². The van der Waals surface area contributed by atoms with Gasteiger partial charge in [-0.3, -0.25) is 4.79 Å². The maximum atomic E-state index is 12.2. The number of nitrogens with two attached hydrogens (primary N) is 1. The van der Waals surface area contributed by atoms with Gasteiger partial charge in [0.25, 0.3) is 5.91 Å². The predicted molar refractivity (Wildman–Crippen MR) is 79.4 cm³/mol. The molecule has 0 aromatic heterocycles. The largest absolute Gasteiger partial charge is 0.399 e. The molecule has 0 heterocycles. The summed E-state index contributed by atoms with van der Waals surface area (Å²) in [5.74, 6) is -0.125. The summed E-state index contributed by atoms with van der Waals surface area (Å²) < 4.78 is 0. The summed E-state index contributed by atoms with van der Waals surface area (Å²) in [6, 6.07) is 5.22. The maximum absolute atomic E-state index is 12.2. The van der Waals surface area contributed by atoms with E-state index in [0.717, 1.165) is 19.3 Å². The first-order chi connectivity index (χ1) is 8.87. The molecule has 3 N–H and O–H groups in total. The highest BCUT2D eigenvalue weighted by Gasteiger charge is 2.29. The zero-order chi connectivity index (χ0) is 14.0. The Balaban J connectivity index is 2.06. The SMILES string of the molecule is CC1(C)CCCC(NC(=O)c2cc(N)ccc2Cl)C1. The number of benzene rings is 1. The number of hydrogen-bond acceptors (Lipinski definition) is 2. The van der Waals surface area contributed by atoms with Crippen LogP contribution in [0, 0.1) is 5.41 Å². The van der Waals surface area contributed by atoms with Crippen molar-refractivity contribution in [1.82, 2.24) is 5.32 Å². The van der Waals surface area contributed by atoms with E-state index in [0.29, 0.717) is 21.7 Å². The van der Waals surface area contributed by atoms with Gasteiger partial charge in [0.2, 0.25) is 0 Å². The summed E-state index contributed by atoms with van der Waals surface area (Å²) >= 11 is 6.05. The zero-order valence-corrected chi connectivity index (χ0v) is 12.3. The highest BCUT2D eigenvalue weighted by atomic mass is 35.5. The van der Waals surface area contributed by atoms with E-state index in [-0.39, 0.29) is 11.9 Å². The first kappa shape index (κ1) is 14.2. The number of carbonyl (C=O) groups excluding carboxylic acids is 1. The molecule has 1 aliphatic carbocycles. The fourth-order valence-electron chi connectivity index (χ4n) is 2.80. The minimum Gasteiger partial charge on any atom is -0.399 e. The Labute approximate surface area is 119 Å². The summed E-state index contributed by atoms with van der Waals surface area (Å²) in [6.45, 7) is 4.50. The number of hydrogen-bond donors (Lipinski definition) is 2. The van der Waals surface area contributed by atoms with Crippen LogP contribution < -0.4 is 11.1 Å². The van der Waals surface area contributed by atoms with Crippen molar-refractivity contribution in [1.29, 1.82) is 0 Å². The molecule has 1 aliphatic rings. The van der Waals surface area contributed by atoms with Crippen LogP contribution in [0.3, 0.4) is 0 Å². The molecule has 0 radical (unpaired) electrons. The first-order valence-corrected chi connectivity index (χ1v) is 7.11. The molecule has 1 aromatic carbocycles. The molecular weight excluding hydrogens is 260 g/mol. The van der Waals surface area contributed by atoms with Gasteiger partial charge in [0, 0.05) is 11.7 Å². The Hall–Kier alpha value is -1.22. The summed E-state index contributed by atoms with van der Waals surface area (Å²) in [6.07, 6.45) is 4.43. The molecule has 1 fully saturated rings.